The number of fused-ring (bicyclic) bond motifs is 3. The molecule has 0 saturated carbocycles. The summed E-state index contributed by atoms with van der Waals surface area (Å²) in [5.41, 5.74) is 13.4. The Balaban J connectivity index is 1.41. The second-order valence-corrected chi connectivity index (χ2v) is 10.1. The third kappa shape index (κ3) is 4.46. The van der Waals surface area contributed by atoms with Crippen LogP contribution in [0.4, 0.5) is 0 Å². The molecule has 3 aromatic heterocycles. The van der Waals surface area contributed by atoms with Crippen LogP contribution in [0.3, 0.4) is 0 Å². The Labute approximate surface area is 200 Å². The van der Waals surface area contributed by atoms with Gasteiger partial charge in [0.15, 0.2) is 6.21 Å². The Morgan fingerprint density at radius 2 is 1.82 bits per heavy atom. The summed E-state index contributed by atoms with van der Waals surface area (Å²) in [4.78, 5) is 18.2. The molecule has 0 unspecified atom stereocenters. The lowest BCUT2D eigenvalue weighted by molar-refractivity contribution is -0.412. The lowest BCUT2D eigenvalue weighted by atomic mass is 9.82. The van der Waals surface area contributed by atoms with Gasteiger partial charge >= 0.3 is 0 Å². The topological polar surface area (TPSA) is 84.8 Å². The summed E-state index contributed by atoms with van der Waals surface area (Å²) in [5.74, 6) is 0. The van der Waals surface area contributed by atoms with Crippen molar-refractivity contribution in [3.63, 3.8) is 0 Å². The van der Waals surface area contributed by atoms with Gasteiger partial charge in [0.1, 0.15) is 12.7 Å². The van der Waals surface area contributed by atoms with Crippen LogP contribution in [0.1, 0.15) is 37.9 Å². The average Bonchev–Trinajstić information content (AvgIpc) is 3.21. The van der Waals surface area contributed by atoms with Gasteiger partial charge in [0.05, 0.1) is 23.0 Å². The second kappa shape index (κ2) is 9.03. The zero-order valence-corrected chi connectivity index (χ0v) is 20.2. The third-order valence-corrected chi connectivity index (χ3v) is 7.01. The van der Waals surface area contributed by atoms with Gasteiger partial charge in [0.25, 0.3) is 0 Å². The lowest BCUT2D eigenvalue weighted by Gasteiger charge is -2.36. The van der Waals surface area contributed by atoms with Crippen LogP contribution in [0, 0.1) is 5.41 Å². The van der Waals surface area contributed by atoms with Crippen molar-refractivity contribution in [3.05, 3.63) is 66.2 Å². The van der Waals surface area contributed by atoms with Gasteiger partial charge in [0, 0.05) is 35.3 Å². The summed E-state index contributed by atoms with van der Waals surface area (Å²) >= 11 is 0. The van der Waals surface area contributed by atoms with E-state index >= 15 is 0 Å². The molecular formula is C28H33N6+. The highest BCUT2D eigenvalue weighted by molar-refractivity contribution is 6.11. The summed E-state index contributed by atoms with van der Waals surface area (Å²) in [5, 5.41) is 2.17. The van der Waals surface area contributed by atoms with Crippen LogP contribution in [0.25, 0.3) is 38.6 Å². The molecule has 0 atom stereocenters. The summed E-state index contributed by atoms with van der Waals surface area (Å²) in [7, 11) is 1.85. The van der Waals surface area contributed by atoms with Gasteiger partial charge < -0.3 is 10.7 Å². The number of hydrogen-bond acceptors (Lipinski definition) is 4. The number of H-pyrrole nitrogens is 1. The van der Waals surface area contributed by atoms with Crippen LogP contribution in [0.15, 0.2) is 55.0 Å². The number of likely N-dealkylation sites (tertiary alicyclic amines) is 1. The molecule has 0 radical (unpaired) electrons. The van der Waals surface area contributed by atoms with E-state index in [1.807, 2.05) is 25.7 Å². The van der Waals surface area contributed by atoms with Crippen LogP contribution >= 0.6 is 0 Å². The number of hydrogen-bond donors (Lipinski definition) is 3. The molecule has 6 nitrogen and oxygen atoms in total. The van der Waals surface area contributed by atoms with E-state index in [0.717, 1.165) is 45.3 Å². The Morgan fingerprint density at radius 3 is 2.53 bits per heavy atom. The number of aromatic amines is 1. The molecule has 1 saturated heterocycles. The van der Waals surface area contributed by atoms with Crippen LogP contribution in [0.2, 0.25) is 0 Å². The van der Waals surface area contributed by atoms with Crippen LogP contribution < -0.4 is 10.7 Å². The summed E-state index contributed by atoms with van der Waals surface area (Å²) in [6.45, 7) is 8.14. The Bertz CT molecular complexity index is 1370. The van der Waals surface area contributed by atoms with Crippen molar-refractivity contribution in [3.8, 4) is 11.1 Å². The SMILES string of the molecule is C[NH+]=CC(=CN)c1cc2c(cn1)[nH]c1ncc(-c3ccc(CN4CCC(C)(C)CC4)cc3)cc12. The second-order valence-electron chi connectivity index (χ2n) is 10.1. The molecule has 34 heavy (non-hydrogen) atoms. The first kappa shape index (κ1) is 22.3. The maximum Gasteiger partial charge on any atom is 0.172 e. The number of piperidine rings is 1. The highest BCUT2D eigenvalue weighted by Crippen LogP contribution is 2.32. The Kier molecular flexibility index (Phi) is 5.92. The van der Waals surface area contributed by atoms with Gasteiger partial charge in [-0.25, -0.2) is 4.98 Å². The maximum absolute atomic E-state index is 5.81. The molecule has 0 aliphatic carbocycles. The van der Waals surface area contributed by atoms with E-state index in [1.54, 1.807) is 6.20 Å². The van der Waals surface area contributed by atoms with Crippen molar-refractivity contribution in [2.45, 2.75) is 33.2 Å². The van der Waals surface area contributed by atoms with Crippen LogP contribution in [-0.2, 0) is 6.54 Å². The van der Waals surface area contributed by atoms with E-state index in [1.165, 1.54) is 37.1 Å². The van der Waals surface area contributed by atoms with Gasteiger partial charge in [-0.3, -0.25) is 14.9 Å². The molecule has 0 bridgehead atoms. The third-order valence-electron chi connectivity index (χ3n) is 7.01. The van der Waals surface area contributed by atoms with Crippen molar-refractivity contribution in [1.82, 2.24) is 19.9 Å². The van der Waals surface area contributed by atoms with Gasteiger partial charge in [-0.05, 0) is 54.6 Å². The summed E-state index contributed by atoms with van der Waals surface area (Å²) < 4.78 is 0. The number of pyridine rings is 2. The number of nitrogens with one attached hydrogen (secondary N) is 2. The largest absolute Gasteiger partial charge is 0.404 e. The molecule has 4 aromatic rings. The monoisotopic (exact) mass is 453 g/mol. The van der Waals surface area contributed by atoms with Gasteiger partial charge in [-0.15, -0.1) is 0 Å². The van der Waals surface area contributed by atoms with Crippen LogP contribution in [-0.4, -0.2) is 46.2 Å². The van der Waals surface area contributed by atoms with E-state index in [-0.39, 0.29) is 0 Å². The van der Waals surface area contributed by atoms with E-state index in [4.69, 9.17) is 10.7 Å². The van der Waals surface area contributed by atoms with Gasteiger partial charge in [0.2, 0.25) is 0 Å². The minimum absolute atomic E-state index is 0.485. The number of benzene rings is 1. The van der Waals surface area contributed by atoms with Gasteiger partial charge in [-0.2, -0.15) is 0 Å². The van der Waals surface area contributed by atoms with Crippen molar-refractivity contribution >= 4 is 33.7 Å². The normalized spacial score (nSPS) is 17.2. The number of nitrogens with zero attached hydrogens (tertiary/aromatic N) is 3. The van der Waals surface area contributed by atoms with E-state index in [9.17, 15) is 0 Å². The number of rotatable bonds is 5. The van der Waals surface area contributed by atoms with Crippen molar-refractivity contribution < 1.29 is 4.99 Å². The molecule has 1 aliphatic rings. The number of nitrogens with two attached hydrogens (primary N) is 1. The number of allylic oxidation sites excluding steroid dienone is 1. The van der Waals surface area contributed by atoms with Crippen LogP contribution in [0.5, 0.6) is 0 Å². The zero-order chi connectivity index (χ0) is 23.7. The predicted molar refractivity (Wildman–Crippen MR) is 140 cm³/mol. The van der Waals surface area contributed by atoms with E-state index in [2.05, 4.69) is 70.1 Å². The molecule has 174 valence electrons. The van der Waals surface area contributed by atoms with Crippen molar-refractivity contribution in [2.75, 3.05) is 20.1 Å². The number of aromatic nitrogens is 3. The molecule has 1 aliphatic heterocycles. The minimum Gasteiger partial charge on any atom is -0.404 e. The first-order valence-electron chi connectivity index (χ1n) is 12.0. The van der Waals surface area contributed by atoms with E-state index in [0.29, 0.717) is 5.41 Å². The molecule has 4 heterocycles. The fourth-order valence-corrected chi connectivity index (χ4v) is 4.73. The zero-order valence-electron chi connectivity index (χ0n) is 20.2. The molecule has 4 N–H and O–H groups in total. The quantitative estimate of drug-likeness (QED) is 0.404. The fourth-order valence-electron chi connectivity index (χ4n) is 4.73. The highest BCUT2D eigenvalue weighted by Gasteiger charge is 2.25. The summed E-state index contributed by atoms with van der Waals surface area (Å²) in [6, 6.07) is 13.2. The molecule has 0 amide bonds. The Hall–Kier alpha value is -3.51. The smallest absolute Gasteiger partial charge is 0.172 e. The lowest BCUT2D eigenvalue weighted by Crippen LogP contribution is -2.63. The maximum atomic E-state index is 5.81. The average molecular weight is 454 g/mol. The molecule has 1 aromatic carbocycles. The fraction of sp³-hybridized carbons (Fsp3) is 0.321. The molecule has 0 spiro atoms. The molecule has 5 rings (SSSR count). The molecular weight excluding hydrogens is 420 g/mol. The van der Waals surface area contributed by atoms with E-state index < -0.39 is 0 Å². The molecule has 1 fully saturated rings. The predicted octanol–water partition coefficient (Wildman–Crippen LogP) is 3.48. The Morgan fingerprint density at radius 1 is 1.06 bits per heavy atom. The summed E-state index contributed by atoms with van der Waals surface area (Å²) in [6.07, 6.45) is 9.74. The van der Waals surface area contributed by atoms with Crippen molar-refractivity contribution in [2.24, 2.45) is 11.1 Å². The van der Waals surface area contributed by atoms with Crippen molar-refractivity contribution in [1.29, 1.82) is 0 Å². The minimum atomic E-state index is 0.485. The standard InChI is InChI=1S/C28H32N6/c1-28(2)8-10-34(11-9-28)18-19-4-6-20(7-5-19)21-12-24-23-13-25(22(14-29)15-30-3)31-17-26(23)33-27(24)32-16-21/h4-7,12-17H,8-11,18,29H2,1-3H3,(H,32,33)/p+1. The first-order valence-corrected chi connectivity index (χ1v) is 12.0. The van der Waals surface area contributed by atoms with Gasteiger partial charge in [-0.1, -0.05) is 38.1 Å². The first-order chi connectivity index (χ1) is 16.5. The highest BCUT2D eigenvalue weighted by atomic mass is 15.1. The molecule has 6 heteroatoms.